The second kappa shape index (κ2) is 8.67. The fraction of sp³-hybridized carbons (Fsp3) is 0.292. The molecule has 1 saturated heterocycles. The van der Waals surface area contributed by atoms with Crippen molar-refractivity contribution in [1.29, 1.82) is 0 Å². The summed E-state index contributed by atoms with van der Waals surface area (Å²) < 4.78 is 16.1. The van der Waals surface area contributed by atoms with Crippen LogP contribution < -0.4 is 4.90 Å². The summed E-state index contributed by atoms with van der Waals surface area (Å²) >= 11 is 0. The number of carbonyl (C=O) groups is 1. The van der Waals surface area contributed by atoms with Crippen molar-refractivity contribution in [3.8, 4) is 11.3 Å². The molecule has 4 heterocycles. The molecule has 0 spiro atoms. The molecule has 0 amide bonds. The maximum atomic E-state index is 14.6. The number of hydrogen-bond donors (Lipinski definition) is 0. The van der Waals surface area contributed by atoms with Crippen LogP contribution in [0.3, 0.4) is 0 Å². The van der Waals surface area contributed by atoms with Crippen molar-refractivity contribution in [2.75, 3.05) is 38.1 Å². The van der Waals surface area contributed by atoms with E-state index in [0.717, 1.165) is 37.4 Å². The number of halogens is 1. The predicted molar refractivity (Wildman–Crippen MR) is 124 cm³/mol. The van der Waals surface area contributed by atoms with Gasteiger partial charge in [-0.2, -0.15) is 0 Å². The normalized spacial score (nSPS) is 14.7. The van der Waals surface area contributed by atoms with Crippen molar-refractivity contribution in [1.82, 2.24) is 29.9 Å². The van der Waals surface area contributed by atoms with Gasteiger partial charge in [-0.3, -0.25) is 14.5 Å². The molecule has 168 valence electrons. The van der Waals surface area contributed by atoms with Crippen LogP contribution in [-0.4, -0.2) is 68.9 Å². The molecule has 3 aromatic heterocycles. The summed E-state index contributed by atoms with van der Waals surface area (Å²) in [4.78, 5) is 26.3. The van der Waals surface area contributed by atoms with E-state index >= 15 is 0 Å². The second-order valence-electron chi connectivity index (χ2n) is 8.43. The van der Waals surface area contributed by atoms with Crippen LogP contribution in [0.25, 0.3) is 22.0 Å². The molecule has 0 aliphatic carbocycles. The smallest absolute Gasteiger partial charge is 0.169 e. The van der Waals surface area contributed by atoms with Gasteiger partial charge in [-0.1, -0.05) is 5.21 Å². The molecular weight excluding hydrogens is 421 g/mol. The predicted octanol–water partition coefficient (Wildman–Crippen LogP) is 2.74. The Balaban J connectivity index is 1.38. The van der Waals surface area contributed by atoms with Gasteiger partial charge in [0, 0.05) is 67.8 Å². The standard InChI is InChI=1S/C24H24FN7O/c1-30-5-7-32(8-6-30)24-12-16(3-4-26-24)23(33)13-19-9-17-10-20(22-15-31(2)29-28-22)21(25)11-18(17)14-27-19/h3-4,9-12,14-15H,5-8,13H2,1-2H3. The number of nitrogens with zero attached hydrogens (tertiary/aromatic N) is 7. The number of piperazine rings is 1. The number of rotatable bonds is 5. The van der Waals surface area contributed by atoms with Gasteiger partial charge in [-0.05, 0) is 42.8 Å². The quantitative estimate of drug-likeness (QED) is 0.437. The highest BCUT2D eigenvalue weighted by Crippen LogP contribution is 2.27. The minimum atomic E-state index is -0.387. The van der Waals surface area contributed by atoms with Crippen molar-refractivity contribution in [3.63, 3.8) is 0 Å². The molecule has 8 nitrogen and oxygen atoms in total. The largest absolute Gasteiger partial charge is 0.354 e. The number of aryl methyl sites for hydroxylation is 1. The van der Waals surface area contributed by atoms with Crippen LogP contribution in [0.1, 0.15) is 16.1 Å². The van der Waals surface area contributed by atoms with E-state index in [1.165, 1.54) is 10.7 Å². The Bertz CT molecular complexity index is 1330. The highest BCUT2D eigenvalue weighted by atomic mass is 19.1. The molecule has 1 aliphatic rings. The Morgan fingerprint density at radius 1 is 1.03 bits per heavy atom. The van der Waals surface area contributed by atoms with Crippen LogP contribution >= 0.6 is 0 Å². The number of ketones is 1. The number of pyridine rings is 2. The van der Waals surface area contributed by atoms with Crippen molar-refractivity contribution in [2.45, 2.75) is 6.42 Å². The number of hydrogen-bond acceptors (Lipinski definition) is 7. The van der Waals surface area contributed by atoms with Gasteiger partial charge in [0.25, 0.3) is 0 Å². The van der Waals surface area contributed by atoms with Crippen LogP contribution in [0.2, 0.25) is 0 Å². The van der Waals surface area contributed by atoms with Gasteiger partial charge < -0.3 is 9.80 Å². The zero-order valence-electron chi connectivity index (χ0n) is 18.6. The molecule has 9 heteroatoms. The van der Waals surface area contributed by atoms with E-state index < -0.39 is 0 Å². The number of benzene rings is 1. The minimum Gasteiger partial charge on any atom is -0.354 e. The van der Waals surface area contributed by atoms with Gasteiger partial charge in [-0.15, -0.1) is 5.10 Å². The summed E-state index contributed by atoms with van der Waals surface area (Å²) in [5.74, 6) is 0.405. The molecule has 1 aliphatic heterocycles. The molecule has 1 aromatic carbocycles. The second-order valence-corrected chi connectivity index (χ2v) is 8.43. The summed E-state index contributed by atoms with van der Waals surface area (Å²) in [7, 11) is 3.84. The lowest BCUT2D eigenvalue weighted by molar-refractivity contribution is 0.0992. The first-order valence-corrected chi connectivity index (χ1v) is 10.8. The fourth-order valence-electron chi connectivity index (χ4n) is 4.04. The molecule has 4 aromatic rings. The maximum Gasteiger partial charge on any atom is 0.169 e. The molecule has 1 fully saturated rings. The number of fused-ring (bicyclic) bond motifs is 1. The van der Waals surface area contributed by atoms with Crippen LogP contribution in [0, 0.1) is 5.82 Å². The van der Waals surface area contributed by atoms with Crippen LogP contribution in [0.4, 0.5) is 10.2 Å². The highest BCUT2D eigenvalue weighted by molar-refractivity contribution is 5.98. The highest BCUT2D eigenvalue weighted by Gasteiger charge is 2.17. The van der Waals surface area contributed by atoms with Crippen LogP contribution in [0.15, 0.2) is 48.9 Å². The van der Waals surface area contributed by atoms with E-state index in [1.54, 1.807) is 37.8 Å². The Labute approximate surface area is 190 Å². The summed E-state index contributed by atoms with van der Waals surface area (Å²) in [6.45, 7) is 3.71. The molecule has 0 saturated carbocycles. The number of likely N-dealkylation sites (N-methyl/N-ethyl adjacent to an activating group) is 1. The SMILES string of the molecule is CN1CCN(c2cc(C(=O)Cc3cc4cc(-c5cn(C)nn5)c(F)cc4cn3)ccn2)CC1. The van der Waals surface area contributed by atoms with Crippen molar-refractivity contribution >= 4 is 22.4 Å². The van der Waals surface area contributed by atoms with E-state index in [0.29, 0.717) is 27.9 Å². The molecule has 5 rings (SSSR count). The molecule has 0 N–H and O–H groups in total. The van der Waals surface area contributed by atoms with E-state index in [2.05, 4.69) is 37.1 Å². The van der Waals surface area contributed by atoms with Crippen molar-refractivity contribution < 1.29 is 9.18 Å². The molecule has 33 heavy (non-hydrogen) atoms. The third-order valence-electron chi connectivity index (χ3n) is 5.98. The zero-order valence-corrected chi connectivity index (χ0v) is 18.6. The lowest BCUT2D eigenvalue weighted by Crippen LogP contribution is -2.44. The molecule has 0 unspecified atom stereocenters. The Kier molecular flexibility index (Phi) is 5.55. The maximum absolute atomic E-state index is 14.6. The van der Waals surface area contributed by atoms with Gasteiger partial charge in [0.15, 0.2) is 5.78 Å². The average molecular weight is 446 g/mol. The van der Waals surface area contributed by atoms with Crippen molar-refractivity contribution in [3.05, 3.63) is 66.0 Å². The van der Waals surface area contributed by atoms with Crippen molar-refractivity contribution in [2.24, 2.45) is 7.05 Å². The monoisotopic (exact) mass is 445 g/mol. The first kappa shape index (κ1) is 21.1. The van der Waals surface area contributed by atoms with Gasteiger partial charge in [-0.25, -0.2) is 9.37 Å². The Morgan fingerprint density at radius 2 is 1.85 bits per heavy atom. The van der Waals surface area contributed by atoms with E-state index in [4.69, 9.17) is 0 Å². The topological polar surface area (TPSA) is 80.0 Å². The van der Waals surface area contributed by atoms with E-state index in [9.17, 15) is 9.18 Å². The summed E-state index contributed by atoms with van der Waals surface area (Å²) in [6, 6.07) is 8.58. The molecule has 0 radical (unpaired) electrons. The number of anilines is 1. The lowest BCUT2D eigenvalue weighted by atomic mass is 10.0. The summed E-state index contributed by atoms with van der Waals surface area (Å²) in [6.07, 6.45) is 5.10. The first-order chi connectivity index (χ1) is 16.0. The third-order valence-corrected chi connectivity index (χ3v) is 5.98. The molecular formula is C24H24FN7O. The fourth-order valence-corrected chi connectivity index (χ4v) is 4.04. The first-order valence-electron chi connectivity index (χ1n) is 10.8. The van der Waals surface area contributed by atoms with Gasteiger partial charge >= 0.3 is 0 Å². The van der Waals surface area contributed by atoms with Gasteiger partial charge in [0.05, 0.1) is 12.6 Å². The number of Topliss-reactive ketones (excluding diaryl/α,β-unsaturated/α-hetero) is 1. The van der Waals surface area contributed by atoms with Gasteiger partial charge in [0.1, 0.15) is 17.3 Å². The minimum absolute atomic E-state index is 0.0316. The lowest BCUT2D eigenvalue weighted by Gasteiger charge is -2.33. The van der Waals surface area contributed by atoms with E-state index in [-0.39, 0.29) is 18.0 Å². The Hall–Kier alpha value is -3.72. The summed E-state index contributed by atoms with van der Waals surface area (Å²) in [5.41, 5.74) is 2.06. The molecule has 0 bridgehead atoms. The number of aromatic nitrogens is 5. The van der Waals surface area contributed by atoms with Crippen LogP contribution in [0.5, 0.6) is 0 Å². The average Bonchev–Trinajstić information content (AvgIpc) is 3.25. The van der Waals surface area contributed by atoms with E-state index in [1.807, 2.05) is 12.1 Å². The van der Waals surface area contributed by atoms with Gasteiger partial charge in [0.2, 0.25) is 0 Å². The zero-order chi connectivity index (χ0) is 22.9. The van der Waals surface area contributed by atoms with Crippen LogP contribution in [-0.2, 0) is 13.5 Å². The Morgan fingerprint density at radius 3 is 2.61 bits per heavy atom. The molecule has 0 atom stereocenters. The summed E-state index contributed by atoms with van der Waals surface area (Å²) in [5, 5.41) is 9.35. The third kappa shape index (κ3) is 4.45. The number of carbonyl (C=O) groups excluding carboxylic acids is 1.